The molecule has 2 aromatic carbocycles. The fraction of sp³-hybridized carbons (Fsp3) is 0.176. The van der Waals surface area contributed by atoms with E-state index in [-0.39, 0.29) is 17.7 Å². The van der Waals surface area contributed by atoms with E-state index in [0.29, 0.717) is 5.75 Å². The number of carbonyl (C=O) groups is 2. The van der Waals surface area contributed by atoms with Gasteiger partial charge in [-0.05, 0) is 30.3 Å². The van der Waals surface area contributed by atoms with E-state index < -0.39 is 30.1 Å². The van der Waals surface area contributed by atoms with Gasteiger partial charge in [0.1, 0.15) is 17.4 Å². The fourth-order valence-electron chi connectivity index (χ4n) is 1.85. The highest BCUT2D eigenvalue weighted by molar-refractivity contribution is 5.91. The molecular formula is C17H15F2NO4. The molecule has 0 atom stereocenters. The van der Waals surface area contributed by atoms with Crippen LogP contribution >= 0.6 is 0 Å². The zero-order chi connectivity index (χ0) is 17.5. The molecule has 24 heavy (non-hydrogen) atoms. The Balaban J connectivity index is 1.80. The van der Waals surface area contributed by atoms with E-state index >= 15 is 0 Å². The van der Waals surface area contributed by atoms with Crippen LogP contribution in [0.5, 0.6) is 5.75 Å². The molecule has 0 aliphatic rings. The molecule has 1 N–H and O–H groups in total. The predicted octanol–water partition coefficient (Wildman–Crippen LogP) is 2.45. The molecule has 2 rings (SSSR count). The minimum Gasteiger partial charge on any atom is -0.497 e. The first-order chi connectivity index (χ1) is 11.5. The van der Waals surface area contributed by atoms with Crippen LogP contribution < -0.4 is 10.1 Å². The number of esters is 1. The van der Waals surface area contributed by atoms with E-state index in [1.807, 2.05) is 0 Å². The van der Waals surface area contributed by atoms with E-state index in [1.165, 1.54) is 25.3 Å². The third-order valence-corrected chi connectivity index (χ3v) is 3.15. The molecule has 0 aliphatic carbocycles. The summed E-state index contributed by atoms with van der Waals surface area (Å²) in [6, 6.07) is 9.25. The van der Waals surface area contributed by atoms with E-state index in [9.17, 15) is 18.4 Å². The summed E-state index contributed by atoms with van der Waals surface area (Å²) in [5.74, 6) is -2.13. The maximum Gasteiger partial charge on any atom is 0.338 e. The van der Waals surface area contributed by atoms with Gasteiger partial charge in [-0.25, -0.2) is 13.6 Å². The number of halogens is 2. The lowest BCUT2D eigenvalue weighted by atomic mass is 10.2. The van der Waals surface area contributed by atoms with Crippen LogP contribution in [0.4, 0.5) is 8.78 Å². The summed E-state index contributed by atoms with van der Waals surface area (Å²) < 4.78 is 36.0. The molecule has 0 aliphatic heterocycles. The molecule has 0 heterocycles. The number of rotatable bonds is 6. The summed E-state index contributed by atoms with van der Waals surface area (Å²) in [6.45, 7) is -0.640. The molecule has 126 valence electrons. The molecule has 0 aromatic heterocycles. The van der Waals surface area contributed by atoms with Gasteiger partial charge in [-0.15, -0.1) is 0 Å². The van der Waals surface area contributed by atoms with Crippen molar-refractivity contribution in [3.63, 3.8) is 0 Å². The van der Waals surface area contributed by atoms with Gasteiger partial charge in [0, 0.05) is 18.2 Å². The SMILES string of the molecule is COc1ccc(C(=O)OCC(=O)NCc2ccc(F)cc2F)cc1. The van der Waals surface area contributed by atoms with Gasteiger partial charge < -0.3 is 14.8 Å². The van der Waals surface area contributed by atoms with Crippen LogP contribution in [0.1, 0.15) is 15.9 Å². The van der Waals surface area contributed by atoms with Crippen molar-refractivity contribution in [3.8, 4) is 5.75 Å². The number of nitrogens with one attached hydrogen (secondary N) is 1. The van der Waals surface area contributed by atoms with Gasteiger partial charge in [0.25, 0.3) is 5.91 Å². The van der Waals surface area contributed by atoms with Crippen molar-refractivity contribution in [2.45, 2.75) is 6.54 Å². The van der Waals surface area contributed by atoms with Gasteiger partial charge in [-0.3, -0.25) is 4.79 Å². The van der Waals surface area contributed by atoms with Crippen molar-refractivity contribution in [2.75, 3.05) is 13.7 Å². The zero-order valence-corrected chi connectivity index (χ0v) is 12.8. The Morgan fingerprint density at radius 3 is 2.42 bits per heavy atom. The Hall–Kier alpha value is -2.96. The summed E-state index contributed by atoms with van der Waals surface area (Å²) in [6.07, 6.45) is 0. The Bertz CT molecular complexity index is 732. The quantitative estimate of drug-likeness (QED) is 0.824. The van der Waals surface area contributed by atoms with Crippen LogP contribution in [0.25, 0.3) is 0 Å². The number of methoxy groups -OCH3 is 1. The second kappa shape index (κ2) is 8.05. The summed E-state index contributed by atoms with van der Waals surface area (Å²) in [5.41, 5.74) is 0.402. The van der Waals surface area contributed by atoms with Gasteiger partial charge in [-0.1, -0.05) is 6.07 Å². The average molecular weight is 335 g/mol. The second-order valence-electron chi connectivity index (χ2n) is 4.82. The molecule has 7 heteroatoms. The van der Waals surface area contributed by atoms with Crippen LogP contribution in [-0.4, -0.2) is 25.6 Å². The molecule has 0 bridgehead atoms. The first kappa shape index (κ1) is 17.4. The molecule has 2 aromatic rings. The van der Waals surface area contributed by atoms with Gasteiger partial charge in [0.05, 0.1) is 12.7 Å². The number of amides is 1. The van der Waals surface area contributed by atoms with Crippen LogP contribution in [0, 0.1) is 11.6 Å². The number of hydrogen-bond acceptors (Lipinski definition) is 4. The first-order valence-electron chi connectivity index (χ1n) is 7.01. The average Bonchev–Trinajstić information content (AvgIpc) is 2.59. The minimum atomic E-state index is -0.759. The van der Waals surface area contributed by atoms with Gasteiger partial charge in [0.2, 0.25) is 0 Å². The Labute approximate surface area is 137 Å². The number of ether oxygens (including phenoxy) is 2. The Morgan fingerprint density at radius 2 is 1.79 bits per heavy atom. The van der Waals surface area contributed by atoms with Crippen molar-refractivity contribution in [1.29, 1.82) is 0 Å². The van der Waals surface area contributed by atoms with E-state index in [4.69, 9.17) is 9.47 Å². The predicted molar refractivity (Wildman–Crippen MR) is 81.5 cm³/mol. The molecule has 5 nitrogen and oxygen atoms in total. The number of benzene rings is 2. The van der Waals surface area contributed by atoms with Crippen molar-refractivity contribution in [3.05, 3.63) is 65.2 Å². The highest BCUT2D eigenvalue weighted by atomic mass is 19.1. The first-order valence-corrected chi connectivity index (χ1v) is 7.01. The lowest BCUT2D eigenvalue weighted by Gasteiger charge is -2.08. The summed E-state index contributed by atoms with van der Waals surface area (Å²) in [4.78, 5) is 23.4. The van der Waals surface area contributed by atoms with Crippen LogP contribution in [0.2, 0.25) is 0 Å². The van der Waals surface area contributed by atoms with E-state index in [0.717, 1.165) is 12.1 Å². The second-order valence-corrected chi connectivity index (χ2v) is 4.82. The van der Waals surface area contributed by atoms with Gasteiger partial charge in [0.15, 0.2) is 6.61 Å². The van der Waals surface area contributed by atoms with Crippen molar-refractivity contribution in [1.82, 2.24) is 5.32 Å². The normalized spacial score (nSPS) is 10.1. The molecule has 0 unspecified atom stereocenters. The monoisotopic (exact) mass is 335 g/mol. The lowest BCUT2D eigenvalue weighted by molar-refractivity contribution is -0.124. The molecule has 1 amide bonds. The summed E-state index contributed by atoms with van der Waals surface area (Å²) in [7, 11) is 1.50. The minimum absolute atomic E-state index is 0.131. The van der Waals surface area contributed by atoms with Crippen LogP contribution in [0.15, 0.2) is 42.5 Å². The summed E-state index contributed by atoms with van der Waals surface area (Å²) >= 11 is 0. The fourth-order valence-corrected chi connectivity index (χ4v) is 1.85. The molecule has 0 radical (unpaired) electrons. The maximum absolute atomic E-state index is 13.4. The topological polar surface area (TPSA) is 64.6 Å². The number of hydrogen-bond donors (Lipinski definition) is 1. The summed E-state index contributed by atoms with van der Waals surface area (Å²) in [5, 5.41) is 2.39. The Kier molecular flexibility index (Phi) is 5.83. The third kappa shape index (κ3) is 4.77. The highest BCUT2D eigenvalue weighted by Crippen LogP contribution is 2.12. The maximum atomic E-state index is 13.4. The zero-order valence-electron chi connectivity index (χ0n) is 12.8. The smallest absolute Gasteiger partial charge is 0.338 e. The Morgan fingerprint density at radius 1 is 1.08 bits per heavy atom. The molecule has 0 fully saturated rings. The van der Waals surface area contributed by atoms with Gasteiger partial charge in [-0.2, -0.15) is 0 Å². The van der Waals surface area contributed by atoms with E-state index in [2.05, 4.69) is 5.32 Å². The van der Waals surface area contributed by atoms with Crippen molar-refractivity contribution >= 4 is 11.9 Å². The highest BCUT2D eigenvalue weighted by Gasteiger charge is 2.11. The third-order valence-electron chi connectivity index (χ3n) is 3.15. The largest absolute Gasteiger partial charge is 0.497 e. The molecule has 0 spiro atoms. The molecular weight excluding hydrogens is 320 g/mol. The lowest BCUT2D eigenvalue weighted by Crippen LogP contribution is -2.28. The van der Waals surface area contributed by atoms with Crippen LogP contribution in [-0.2, 0) is 16.1 Å². The van der Waals surface area contributed by atoms with Gasteiger partial charge >= 0.3 is 5.97 Å². The van der Waals surface area contributed by atoms with Crippen molar-refractivity contribution in [2.24, 2.45) is 0 Å². The van der Waals surface area contributed by atoms with Crippen molar-refractivity contribution < 1.29 is 27.8 Å². The standard InChI is InChI=1S/C17H15F2NO4/c1-23-14-6-3-11(4-7-14)17(22)24-10-16(21)20-9-12-2-5-13(18)8-15(12)19/h2-8H,9-10H2,1H3,(H,20,21). The molecule has 0 saturated heterocycles. The molecule has 0 saturated carbocycles. The van der Waals surface area contributed by atoms with E-state index in [1.54, 1.807) is 12.1 Å². The number of carbonyl (C=O) groups excluding carboxylic acids is 2. The van der Waals surface area contributed by atoms with Crippen LogP contribution in [0.3, 0.4) is 0 Å².